The molecule has 3 rings (SSSR count). The zero-order valence-electron chi connectivity index (χ0n) is 12.9. The third-order valence-corrected chi connectivity index (χ3v) is 3.77. The minimum Gasteiger partial charge on any atom is -0.338 e. The monoisotopic (exact) mass is 307 g/mol. The van der Waals surface area contributed by atoms with E-state index in [4.69, 9.17) is 5.26 Å². The fraction of sp³-hybridized carbons (Fsp3) is 0.294. The van der Waals surface area contributed by atoms with Crippen molar-refractivity contribution in [2.45, 2.75) is 32.4 Å². The van der Waals surface area contributed by atoms with Crippen molar-refractivity contribution in [2.75, 3.05) is 5.32 Å². The van der Waals surface area contributed by atoms with Crippen LogP contribution in [0.25, 0.3) is 0 Å². The highest BCUT2D eigenvalue weighted by atomic mass is 16.2. The van der Waals surface area contributed by atoms with Crippen molar-refractivity contribution >= 4 is 17.4 Å². The molecule has 1 heterocycles. The summed E-state index contributed by atoms with van der Waals surface area (Å²) in [6, 6.07) is 10.2. The first-order valence-electron chi connectivity index (χ1n) is 7.51. The molecule has 6 heteroatoms. The molecule has 1 aromatic carbocycles. The highest BCUT2D eigenvalue weighted by Crippen LogP contribution is 2.28. The maximum absolute atomic E-state index is 11.7. The summed E-state index contributed by atoms with van der Waals surface area (Å²) in [5.74, 6) is 0.555. The standard InChI is InChI=1S/C17H17N5O/c1-12(23)22(15-6-7-15)11-13-2-4-14(5-3-13)21-17-16(10-18)19-8-9-20-17/h2-5,8-9,15H,6-7,11H2,1H3,(H,20,21). The van der Waals surface area contributed by atoms with Gasteiger partial charge in [0.15, 0.2) is 11.5 Å². The van der Waals surface area contributed by atoms with Gasteiger partial charge in [-0.1, -0.05) is 12.1 Å². The van der Waals surface area contributed by atoms with Gasteiger partial charge in [0.2, 0.25) is 5.91 Å². The molecule has 0 spiro atoms. The van der Waals surface area contributed by atoms with Crippen LogP contribution in [0.1, 0.15) is 31.0 Å². The molecule has 1 fully saturated rings. The highest BCUT2D eigenvalue weighted by Gasteiger charge is 2.30. The van der Waals surface area contributed by atoms with E-state index in [0.29, 0.717) is 18.4 Å². The summed E-state index contributed by atoms with van der Waals surface area (Å²) in [4.78, 5) is 21.7. The number of rotatable bonds is 5. The van der Waals surface area contributed by atoms with Gasteiger partial charge in [0.1, 0.15) is 6.07 Å². The number of hydrogen-bond donors (Lipinski definition) is 1. The largest absolute Gasteiger partial charge is 0.338 e. The fourth-order valence-corrected chi connectivity index (χ4v) is 2.42. The van der Waals surface area contributed by atoms with Gasteiger partial charge in [-0.3, -0.25) is 4.79 Å². The van der Waals surface area contributed by atoms with Crippen LogP contribution in [0.15, 0.2) is 36.7 Å². The lowest BCUT2D eigenvalue weighted by Crippen LogP contribution is -2.30. The van der Waals surface area contributed by atoms with Gasteiger partial charge in [-0.2, -0.15) is 5.26 Å². The molecule has 1 amide bonds. The Morgan fingerprint density at radius 1 is 1.30 bits per heavy atom. The molecule has 0 saturated heterocycles. The topological polar surface area (TPSA) is 81.9 Å². The molecule has 116 valence electrons. The molecule has 0 radical (unpaired) electrons. The molecular formula is C17H17N5O. The van der Waals surface area contributed by atoms with E-state index in [0.717, 1.165) is 24.1 Å². The van der Waals surface area contributed by atoms with Crippen molar-refractivity contribution in [3.05, 3.63) is 47.9 Å². The number of carbonyl (C=O) groups is 1. The van der Waals surface area contributed by atoms with Crippen LogP contribution in [0, 0.1) is 11.3 Å². The van der Waals surface area contributed by atoms with Crippen LogP contribution in [0.5, 0.6) is 0 Å². The molecule has 2 aromatic rings. The summed E-state index contributed by atoms with van der Waals surface area (Å²) in [5.41, 5.74) is 2.16. The summed E-state index contributed by atoms with van der Waals surface area (Å²) in [5, 5.41) is 12.1. The van der Waals surface area contributed by atoms with Crippen LogP contribution in [-0.4, -0.2) is 26.8 Å². The van der Waals surface area contributed by atoms with Crippen molar-refractivity contribution in [1.82, 2.24) is 14.9 Å². The zero-order chi connectivity index (χ0) is 16.2. The van der Waals surface area contributed by atoms with E-state index in [1.54, 1.807) is 6.92 Å². The number of carbonyl (C=O) groups excluding carboxylic acids is 1. The number of nitrogens with zero attached hydrogens (tertiary/aromatic N) is 4. The van der Waals surface area contributed by atoms with Crippen LogP contribution in [0.4, 0.5) is 11.5 Å². The van der Waals surface area contributed by atoms with E-state index >= 15 is 0 Å². The van der Waals surface area contributed by atoms with Crippen LogP contribution in [-0.2, 0) is 11.3 Å². The number of benzene rings is 1. The van der Waals surface area contributed by atoms with Gasteiger partial charge in [0.05, 0.1) is 0 Å². The lowest BCUT2D eigenvalue weighted by Gasteiger charge is -2.20. The molecular weight excluding hydrogens is 290 g/mol. The van der Waals surface area contributed by atoms with Gasteiger partial charge in [0, 0.05) is 37.6 Å². The maximum atomic E-state index is 11.7. The number of aromatic nitrogens is 2. The van der Waals surface area contributed by atoms with Gasteiger partial charge in [0.25, 0.3) is 0 Å². The Balaban J connectivity index is 1.70. The predicted octanol–water partition coefficient (Wildman–Crippen LogP) is 2.60. The summed E-state index contributed by atoms with van der Waals surface area (Å²) in [6.07, 6.45) is 5.23. The number of hydrogen-bond acceptors (Lipinski definition) is 5. The van der Waals surface area contributed by atoms with Crippen LogP contribution in [0.2, 0.25) is 0 Å². The first-order valence-corrected chi connectivity index (χ1v) is 7.51. The average molecular weight is 307 g/mol. The predicted molar refractivity (Wildman–Crippen MR) is 85.7 cm³/mol. The Morgan fingerprint density at radius 2 is 2.00 bits per heavy atom. The molecule has 0 aliphatic heterocycles. The first-order chi connectivity index (χ1) is 11.2. The molecule has 0 bridgehead atoms. The van der Waals surface area contributed by atoms with E-state index in [9.17, 15) is 4.79 Å². The van der Waals surface area contributed by atoms with Gasteiger partial charge in [-0.25, -0.2) is 9.97 Å². The molecule has 6 nitrogen and oxygen atoms in total. The summed E-state index contributed by atoms with van der Waals surface area (Å²) < 4.78 is 0. The lowest BCUT2D eigenvalue weighted by atomic mass is 10.2. The van der Waals surface area contributed by atoms with Gasteiger partial charge < -0.3 is 10.2 Å². The molecule has 1 aliphatic rings. The molecule has 1 N–H and O–H groups in total. The van der Waals surface area contributed by atoms with Crippen molar-refractivity contribution < 1.29 is 4.79 Å². The number of nitriles is 1. The average Bonchev–Trinajstić information content (AvgIpc) is 3.39. The van der Waals surface area contributed by atoms with E-state index in [1.165, 1.54) is 12.4 Å². The van der Waals surface area contributed by atoms with E-state index in [1.807, 2.05) is 35.2 Å². The molecule has 1 aliphatic carbocycles. The normalized spacial score (nSPS) is 13.2. The molecule has 0 atom stereocenters. The minimum absolute atomic E-state index is 0.118. The second-order valence-corrected chi connectivity index (χ2v) is 5.57. The first kappa shape index (κ1) is 15.0. The minimum atomic E-state index is 0.118. The van der Waals surface area contributed by atoms with Crippen LogP contribution >= 0.6 is 0 Å². The Bertz CT molecular complexity index is 746. The molecule has 0 unspecified atom stereocenters. The van der Waals surface area contributed by atoms with Gasteiger partial charge >= 0.3 is 0 Å². The fourth-order valence-electron chi connectivity index (χ4n) is 2.42. The Kier molecular flexibility index (Phi) is 4.20. The number of anilines is 2. The Morgan fingerprint density at radius 3 is 2.61 bits per heavy atom. The van der Waals surface area contributed by atoms with Gasteiger partial charge in [-0.05, 0) is 30.5 Å². The summed E-state index contributed by atoms with van der Waals surface area (Å²) >= 11 is 0. The third-order valence-electron chi connectivity index (χ3n) is 3.77. The number of nitrogens with one attached hydrogen (secondary N) is 1. The van der Waals surface area contributed by atoms with Crippen molar-refractivity contribution in [3.63, 3.8) is 0 Å². The maximum Gasteiger partial charge on any atom is 0.219 e. The Labute approximate surface area is 134 Å². The highest BCUT2D eigenvalue weighted by molar-refractivity contribution is 5.74. The Hall–Kier alpha value is -2.94. The van der Waals surface area contributed by atoms with E-state index in [-0.39, 0.29) is 11.6 Å². The van der Waals surface area contributed by atoms with Crippen molar-refractivity contribution in [2.24, 2.45) is 0 Å². The van der Waals surface area contributed by atoms with E-state index < -0.39 is 0 Å². The van der Waals surface area contributed by atoms with Crippen LogP contribution < -0.4 is 5.32 Å². The smallest absolute Gasteiger partial charge is 0.219 e. The van der Waals surface area contributed by atoms with Crippen molar-refractivity contribution in [1.29, 1.82) is 5.26 Å². The third kappa shape index (κ3) is 3.64. The van der Waals surface area contributed by atoms with Gasteiger partial charge in [-0.15, -0.1) is 0 Å². The van der Waals surface area contributed by atoms with Crippen molar-refractivity contribution in [3.8, 4) is 6.07 Å². The second kappa shape index (κ2) is 6.44. The second-order valence-electron chi connectivity index (χ2n) is 5.57. The SMILES string of the molecule is CC(=O)N(Cc1ccc(Nc2nccnc2C#N)cc1)C1CC1. The number of amides is 1. The lowest BCUT2D eigenvalue weighted by molar-refractivity contribution is -0.130. The summed E-state index contributed by atoms with van der Waals surface area (Å²) in [6.45, 7) is 2.25. The molecule has 23 heavy (non-hydrogen) atoms. The van der Waals surface area contributed by atoms with E-state index in [2.05, 4.69) is 15.3 Å². The zero-order valence-corrected chi connectivity index (χ0v) is 12.9. The quantitative estimate of drug-likeness (QED) is 0.918. The molecule has 1 saturated carbocycles. The molecule has 1 aromatic heterocycles. The summed E-state index contributed by atoms with van der Waals surface area (Å²) in [7, 11) is 0. The van der Waals surface area contributed by atoms with Crippen LogP contribution in [0.3, 0.4) is 0 Å².